The van der Waals surface area contributed by atoms with Gasteiger partial charge in [-0.05, 0) is 19.1 Å². The Morgan fingerprint density at radius 1 is 1.14 bits per heavy atom. The van der Waals surface area contributed by atoms with E-state index < -0.39 is 11.1 Å². The molecule has 1 aliphatic heterocycles. The van der Waals surface area contributed by atoms with E-state index in [1.54, 1.807) is 0 Å². The molecule has 1 aliphatic rings. The highest BCUT2D eigenvalue weighted by molar-refractivity contribution is 5.75. The number of hydrogen-bond acceptors (Lipinski definition) is 5. The molecular formula is C14H14N4O3. The predicted octanol–water partition coefficient (Wildman–Crippen LogP) is 0.146. The van der Waals surface area contributed by atoms with Gasteiger partial charge in [-0.2, -0.15) is 0 Å². The molecule has 0 amide bonds. The first kappa shape index (κ1) is 13.3. The van der Waals surface area contributed by atoms with Gasteiger partial charge in [-0.25, -0.2) is 4.68 Å². The Bertz CT molecular complexity index is 807. The summed E-state index contributed by atoms with van der Waals surface area (Å²) in [6.07, 6.45) is 0. The molecule has 0 aliphatic carbocycles. The van der Waals surface area contributed by atoms with Gasteiger partial charge in [0.25, 0.3) is 0 Å². The number of carbonyl (C=O) groups excluding carboxylic acids is 1. The monoisotopic (exact) mass is 286 g/mol. The van der Waals surface area contributed by atoms with Crippen molar-refractivity contribution in [3.05, 3.63) is 51.0 Å². The van der Waals surface area contributed by atoms with E-state index >= 15 is 0 Å². The fraction of sp³-hybridized carbons (Fsp3) is 0.286. The topological polar surface area (TPSA) is 77.2 Å². The lowest BCUT2D eigenvalue weighted by Crippen LogP contribution is -2.43. The number of rotatable bonds is 3. The Balaban J connectivity index is 2.14. The van der Waals surface area contributed by atoms with Crippen LogP contribution in [0.1, 0.15) is 6.92 Å². The average Bonchev–Trinajstić information content (AvgIpc) is 2.89. The molecule has 108 valence electrons. The lowest BCUT2D eigenvalue weighted by molar-refractivity contribution is -0.117. The summed E-state index contributed by atoms with van der Waals surface area (Å²) in [6, 6.07) is 9.49. The van der Waals surface area contributed by atoms with Gasteiger partial charge in [-0.15, -0.1) is 5.10 Å². The van der Waals surface area contributed by atoms with Gasteiger partial charge < -0.3 is 4.90 Å². The number of ketones is 1. The second-order valence-corrected chi connectivity index (χ2v) is 4.91. The molecule has 0 unspecified atom stereocenters. The molecule has 0 saturated carbocycles. The van der Waals surface area contributed by atoms with Gasteiger partial charge in [0.05, 0.1) is 0 Å². The smallest absolute Gasteiger partial charge is 0.309 e. The molecule has 7 nitrogen and oxygen atoms in total. The summed E-state index contributed by atoms with van der Waals surface area (Å²) in [5.41, 5.74) is -0.507. The van der Waals surface area contributed by atoms with Crippen LogP contribution in [0.2, 0.25) is 0 Å². The van der Waals surface area contributed by atoms with Crippen LogP contribution in [-0.4, -0.2) is 26.7 Å². The number of hydrogen-bond donors (Lipinski definition) is 0. The van der Waals surface area contributed by atoms with E-state index in [2.05, 4.69) is 5.10 Å². The van der Waals surface area contributed by atoms with Crippen molar-refractivity contribution in [2.24, 2.45) is 0 Å². The zero-order valence-electron chi connectivity index (χ0n) is 11.5. The summed E-state index contributed by atoms with van der Waals surface area (Å²) in [4.78, 5) is 37.1. The molecule has 3 rings (SSSR count). The quantitative estimate of drug-likeness (QED) is 0.750. The first-order chi connectivity index (χ1) is 10.1. The molecule has 0 saturated heterocycles. The number of fused-ring (bicyclic) bond motifs is 1. The maximum atomic E-state index is 12.1. The number of nitrogens with zero attached hydrogens (tertiary/aromatic N) is 4. The molecule has 0 N–H and O–H groups in total. The van der Waals surface area contributed by atoms with Crippen LogP contribution in [-0.2, 0) is 17.9 Å². The van der Waals surface area contributed by atoms with E-state index in [0.717, 1.165) is 10.4 Å². The zero-order chi connectivity index (χ0) is 15.0. The summed E-state index contributed by atoms with van der Waals surface area (Å²) >= 11 is 0. The van der Waals surface area contributed by atoms with Crippen LogP contribution in [0.4, 0.5) is 11.6 Å². The first-order valence-corrected chi connectivity index (χ1v) is 6.62. The molecule has 0 bridgehead atoms. The largest absolute Gasteiger partial charge is 0.333 e. The molecule has 0 radical (unpaired) electrons. The predicted molar refractivity (Wildman–Crippen MR) is 76.9 cm³/mol. The molecule has 0 spiro atoms. The minimum absolute atomic E-state index is 0.190. The van der Waals surface area contributed by atoms with E-state index in [9.17, 15) is 14.4 Å². The van der Waals surface area contributed by atoms with Crippen LogP contribution >= 0.6 is 0 Å². The Hall–Kier alpha value is -2.70. The highest BCUT2D eigenvalue weighted by Crippen LogP contribution is 2.25. The molecule has 7 heteroatoms. The van der Waals surface area contributed by atoms with Crippen molar-refractivity contribution in [3.8, 4) is 0 Å². The summed E-state index contributed by atoms with van der Waals surface area (Å²) in [7, 11) is 0. The second kappa shape index (κ2) is 5.01. The zero-order valence-corrected chi connectivity index (χ0v) is 11.5. The third kappa shape index (κ3) is 2.26. The SMILES string of the molecule is CC(=O)Cn1nc2n(c(=O)c1=O)CCN2c1ccccc1. The summed E-state index contributed by atoms with van der Waals surface area (Å²) < 4.78 is 2.30. The maximum absolute atomic E-state index is 12.1. The van der Waals surface area contributed by atoms with E-state index in [1.165, 1.54) is 11.5 Å². The maximum Gasteiger partial charge on any atom is 0.333 e. The van der Waals surface area contributed by atoms with Crippen molar-refractivity contribution in [1.82, 2.24) is 14.3 Å². The number of Topliss-reactive ketones (excluding diaryl/α,β-unsaturated/α-hetero) is 1. The first-order valence-electron chi connectivity index (χ1n) is 6.62. The highest BCUT2D eigenvalue weighted by atomic mass is 16.2. The molecule has 2 heterocycles. The average molecular weight is 286 g/mol. The van der Waals surface area contributed by atoms with Gasteiger partial charge in [-0.3, -0.25) is 19.0 Å². The summed E-state index contributed by atoms with van der Waals surface area (Å²) in [5.74, 6) is 0.172. The Kier molecular flexibility index (Phi) is 3.17. The van der Waals surface area contributed by atoms with Crippen LogP contribution < -0.4 is 16.0 Å². The summed E-state index contributed by atoms with van der Waals surface area (Å²) in [6.45, 7) is 2.14. The lowest BCUT2D eigenvalue weighted by Gasteiger charge is -2.17. The fourth-order valence-corrected chi connectivity index (χ4v) is 2.40. The third-order valence-corrected chi connectivity index (χ3v) is 3.34. The third-order valence-electron chi connectivity index (χ3n) is 3.34. The van der Waals surface area contributed by atoms with E-state index in [4.69, 9.17) is 0 Å². The number of anilines is 2. The van der Waals surface area contributed by atoms with Crippen molar-refractivity contribution in [1.29, 1.82) is 0 Å². The molecule has 0 atom stereocenters. The Morgan fingerprint density at radius 2 is 1.86 bits per heavy atom. The minimum atomic E-state index is -0.760. The molecule has 21 heavy (non-hydrogen) atoms. The normalized spacial score (nSPS) is 13.3. The molecule has 0 fully saturated rings. The van der Waals surface area contributed by atoms with Gasteiger partial charge in [0.15, 0.2) is 5.78 Å². The van der Waals surface area contributed by atoms with Crippen LogP contribution in [0.5, 0.6) is 0 Å². The van der Waals surface area contributed by atoms with Gasteiger partial charge in [0, 0.05) is 18.8 Å². The fourth-order valence-electron chi connectivity index (χ4n) is 2.40. The molecule has 2 aromatic rings. The van der Waals surface area contributed by atoms with Crippen LogP contribution in [0.3, 0.4) is 0 Å². The van der Waals surface area contributed by atoms with Gasteiger partial charge in [0.1, 0.15) is 6.54 Å². The van der Waals surface area contributed by atoms with Crippen molar-refractivity contribution in [3.63, 3.8) is 0 Å². The van der Waals surface area contributed by atoms with E-state index in [1.807, 2.05) is 35.2 Å². The number of para-hydroxylation sites is 1. The standard InChI is InChI=1S/C14H14N4O3/c1-10(19)9-18-13(21)12(20)17-8-7-16(14(17)15-18)11-5-3-2-4-6-11/h2-6H,7-9H2,1H3. The highest BCUT2D eigenvalue weighted by Gasteiger charge is 2.25. The van der Waals surface area contributed by atoms with Crippen molar-refractivity contribution < 1.29 is 4.79 Å². The van der Waals surface area contributed by atoms with Crippen LogP contribution in [0.15, 0.2) is 39.9 Å². The minimum Gasteiger partial charge on any atom is -0.309 e. The number of aromatic nitrogens is 3. The molecule has 1 aromatic heterocycles. The second-order valence-electron chi connectivity index (χ2n) is 4.91. The molecular weight excluding hydrogens is 272 g/mol. The Labute approximate surface area is 120 Å². The lowest BCUT2D eigenvalue weighted by atomic mass is 10.3. The number of carbonyl (C=O) groups is 1. The van der Waals surface area contributed by atoms with Gasteiger partial charge in [-0.1, -0.05) is 18.2 Å². The van der Waals surface area contributed by atoms with Gasteiger partial charge >= 0.3 is 11.1 Å². The van der Waals surface area contributed by atoms with Crippen LogP contribution in [0, 0.1) is 0 Å². The van der Waals surface area contributed by atoms with Crippen molar-refractivity contribution in [2.75, 3.05) is 11.4 Å². The van der Waals surface area contributed by atoms with E-state index in [0.29, 0.717) is 19.0 Å². The van der Waals surface area contributed by atoms with Crippen molar-refractivity contribution in [2.45, 2.75) is 20.0 Å². The Morgan fingerprint density at radius 3 is 2.52 bits per heavy atom. The van der Waals surface area contributed by atoms with Gasteiger partial charge in [0.2, 0.25) is 5.95 Å². The summed E-state index contributed by atoms with van der Waals surface area (Å²) in [5, 5.41) is 4.18. The van der Waals surface area contributed by atoms with Crippen LogP contribution in [0.25, 0.3) is 0 Å². The molecule has 1 aromatic carbocycles. The van der Waals surface area contributed by atoms with E-state index in [-0.39, 0.29) is 12.3 Å². The number of benzene rings is 1. The van der Waals surface area contributed by atoms with Crippen molar-refractivity contribution >= 4 is 17.4 Å².